The Bertz CT molecular complexity index is 195. The lowest BCUT2D eigenvalue weighted by Crippen LogP contribution is -2.42. The van der Waals surface area contributed by atoms with Gasteiger partial charge in [-0.3, -0.25) is 0 Å². The van der Waals surface area contributed by atoms with Gasteiger partial charge in [0, 0.05) is 12.6 Å². The third-order valence-electron chi connectivity index (χ3n) is 4.11. The zero-order valence-corrected chi connectivity index (χ0v) is 11.3. The molecule has 3 atom stereocenters. The number of hydrogen-bond acceptors (Lipinski definition) is 2. The predicted octanol–water partition coefficient (Wildman–Crippen LogP) is 2.21. The van der Waals surface area contributed by atoms with Gasteiger partial charge in [0.05, 0.1) is 0 Å². The molecule has 0 saturated carbocycles. The molecular weight excluding hydrogens is 184 g/mol. The van der Waals surface area contributed by atoms with E-state index in [-0.39, 0.29) is 0 Å². The zero-order chi connectivity index (χ0) is 11.6. The first-order valence-electron chi connectivity index (χ1n) is 6.23. The molecule has 1 aliphatic rings. The summed E-state index contributed by atoms with van der Waals surface area (Å²) in [6.07, 6.45) is 0. The van der Waals surface area contributed by atoms with Crippen molar-refractivity contribution < 1.29 is 0 Å². The highest BCUT2D eigenvalue weighted by atomic mass is 15.1. The smallest absolute Gasteiger partial charge is 0.0112 e. The fourth-order valence-electron chi connectivity index (χ4n) is 2.30. The fraction of sp³-hybridized carbons (Fsp3) is 1.00. The van der Waals surface area contributed by atoms with Crippen LogP contribution in [0, 0.1) is 17.3 Å². The summed E-state index contributed by atoms with van der Waals surface area (Å²) >= 11 is 0. The van der Waals surface area contributed by atoms with E-state index in [1.807, 2.05) is 0 Å². The van der Waals surface area contributed by atoms with Crippen LogP contribution in [0.3, 0.4) is 0 Å². The van der Waals surface area contributed by atoms with E-state index in [4.69, 9.17) is 0 Å². The maximum atomic E-state index is 3.48. The second kappa shape index (κ2) is 4.84. The average Bonchev–Trinajstić information content (AvgIpc) is 2.49. The number of rotatable bonds is 3. The topological polar surface area (TPSA) is 15.3 Å². The molecular formula is C13H28N2. The number of nitrogens with zero attached hydrogens (tertiary/aromatic N) is 1. The van der Waals surface area contributed by atoms with Crippen LogP contribution in [0.1, 0.15) is 34.6 Å². The molecule has 0 aromatic carbocycles. The Balaban J connectivity index is 2.44. The predicted molar refractivity (Wildman–Crippen MR) is 67.1 cm³/mol. The molecule has 2 nitrogen and oxygen atoms in total. The van der Waals surface area contributed by atoms with E-state index in [0.717, 1.165) is 11.8 Å². The lowest BCUT2D eigenvalue weighted by molar-refractivity contribution is 0.119. The Labute approximate surface area is 95.4 Å². The molecule has 90 valence electrons. The van der Waals surface area contributed by atoms with E-state index in [1.54, 1.807) is 0 Å². The summed E-state index contributed by atoms with van der Waals surface area (Å²) in [7, 11) is 2.26. The van der Waals surface area contributed by atoms with Gasteiger partial charge in [-0.1, -0.05) is 27.7 Å². The van der Waals surface area contributed by atoms with E-state index in [1.165, 1.54) is 19.6 Å². The largest absolute Gasteiger partial charge is 0.316 e. The van der Waals surface area contributed by atoms with Gasteiger partial charge < -0.3 is 10.2 Å². The quantitative estimate of drug-likeness (QED) is 0.771. The van der Waals surface area contributed by atoms with Crippen LogP contribution in [0.2, 0.25) is 0 Å². The lowest BCUT2D eigenvalue weighted by atomic mass is 9.86. The average molecular weight is 212 g/mol. The minimum absolute atomic E-state index is 0.379. The van der Waals surface area contributed by atoms with Crippen molar-refractivity contribution >= 4 is 0 Å². The molecule has 1 fully saturated rings. The second-order valence-corrected chi connectivity index (χ2v) is 6.38. The first-order chi connectivity index (χ1) is 6.82. The van der Waals surface area contributed by atoms with Crippen LogP contribution in [0.4, 0.5) is 0 Å². The molecule has 0 aromatic rings. The Kier molecular flexibility index (Phi) is 4.19. The Hall–Kier alpha value is -0.0800. The summed E-state index contributed by atoms with van der Waals surface area (Å²) in [5, 5.41) is 3.48. The van der Waals surface area contributed by atoms with Crippen LogP contribution >= 0.6 is 0 Å². The third kappa shape index (κ3) is 3.46. The summed E-state index contributed by atoms with van der Waals surface area (Å²) in [5.74, 6) is 1.67. The molecule has 15 heavy (non-hydrogen) atoms. The molecule has 1 unspecified atom stereocenters. The summed E-state index contributed by atoms with van der Waals surface area (Å²) in [6.45, 7) is 15.3. The van der Waals surface area contributed by atoms with Crippen LogP contribution in [0.5, 0.6) is 0 Å². The van der Waals surface area contributed by atoms with Crippen LogP contribution in [0.25, 0.3) is 0 Å². The first-order valence-corrected chi connectivity index (χ1v) is 6.23. The molecule has 1 heterocycles. The molecule has 1 saturated heterocycles. The van der Waals surface area contributed by atoms with E-state index >= 15 is 0 Å². The maximum Gasteiger partial charge on any atom is 0.0112 e. The normalized spacial score (nSPS) is 29.8. The van der Waals surface area contributed by atoms with Crippen molar-refractivity contribution in [2.24, 2.45) is 17.3 Å². The van der Waals surface area contributed by atoms with E-state index in [2.05, 4.69) is 51.9 Å². The van der Waals surface area contributed by atoms with E-state index < -0.39 is 0 Å². The third-order valence-corrected chi connectivity index (χ3v) is 4.11. The van der Waals surface area contributed by atoms with Crippen LogP contribution in [-0.2, 0) is 0 Å². The van der Waals surface area contributed by atoms with Gasteiger partial charge in [0.2, 0.25) is 0 Å². The molecule has 0 amide bonds. The minimum Gasteiger partial charge on any atom is -0.316 e. The van der Waals surface area contributed by atoms with Gasteiger partial charge in [0.15, 0.2) is 0 Å². The Morgan fingerprint density at radius 1 is 1.33 bits per heavy atom. The van der Waals surface area contributed by atoms with Crippen molar-refractivity contribution in [3.63, 3.8) is 0 Å². The van der Waals surface area contributed by atoms with Crippen molar-refractivity contribution in [2.45, 2.75) is 40.7 Å². The van der Waals surface area contributed by atoms with Crippen molar-refractivity contribution in [1.29, 1.82) is 0 Å². The molecule has 1 aliphatic heterocycles. The van der Waals surface area contributed by atoms with Crippen molar-refractivity contribution in [2.75, 3.05) is 26.7 Å². The molecule has 0 bridgehead atoms. The lowest BCUT2D eigenvalue weighted by Gasteiger charge is -2.37. The van der Waals surface area contributed by atoms with Gasteiger partial charge in [-0.2, -0.15) is 0 Å². The molecule has 1 N–H and O–H groups in total. The number of hydrogen-bond donors (Lipinski definition) is 1. The maximum absolute atomic E-state index is 3.48. The molecule has 1 rings (SSSR count). The van der Waals surface area contributed by atoms with Crippen LogP contribution in [0.15, 0.2) is 0 Å². The highest BCUT2D eigenvalue weighted by Gasteiger charge is 2.29. The van der Waals surface area contributed by atoms with Crippen molar-refractivity contribution in [3.8, 4) is 0 Å². The van der Waals surface area contributed by atoms with Gasteiger partial charge in [0.25, 0.3) is 0 Å². The van der Waals surface area contributed by atoms with Gasteiger partial charge in [0.1, 0.15) is 0 Å². The SMILES string of the molecule is CC(N(C)C[C@@H]1CNC[C@H]1C)C(C)(C)C. The molecule has 0 radical (unpaired) electrons. The Morgan fingerprint density at radius 2 is 1.93 bits per heavy atom. The highest BCUT2D eigenvalue weighted by Crippen LogP contribution is 2.25. The van der Waals surface area contributed by atoms with Crippen LogP contribution in [-0.4, -0.2) is 37.6 Å². The first kappa shape index (κ1) is 13.0. The fourth-order valence-corrected chi connectivity index (χ4v) is 2.30. The van der Waals surface area contributed by atoms with Crippen molar-refractivity contribution in [1.82, 2.24) is 10.2 Å². The molecule has 0 aromatic heterocycles. The highest BCUT2D eigenvalue weighted by molar-refractivity contribution is 4.84. The zero-order valence-electron chi connectivity index (χ0n) is 11.3. The summed E-state index contributed by atoms with van der Waals surface area (Å²) in [4.78, 5) is 2.52. The van der Waals surface area contributed by atoms with E-state index in [9.17, 15) is 0 Å². The minimum atomic E-state index is 0.379. The van der Waals surface area contributed by atoms with Gasteiger partial charge in [-0.25, -0.2) is 0 Å². The van der Waals surface area contributed by atoms with Gasteiger partial charge in [-0.05, 0) is 44.3 Å². The van der Waals surface area contributed by atoms with Gasteiger partial charge in [-0.15, -0.1) is 0 Å². The standard InChI is InChI=1S/C13H28N2/c1-10-7-14-8-12(10)9-15(6)11(2)13(3,4)5/h10-12,14H,7-9H2,1-6H3/t10-,11?,12+/m1/s1. The van der Waals surface area contributed by atoms with Gasteiger partial charge >= 0.3 is 0 Å². The number of nitrogens with one attached hydrogen (secondary N) is 1. The summed E-state index contributed by atoms with van der Waals surface area (Å²) in [6, 6.07) is 0.644. The molecule has 0 spiro atoms. The molecule has 0 aliphatic carbocycles. The second-order valence-electron chi connectivity index (χ2n) is 6.38. The van der Waals surface area contributed by atoms with E-state index in [0.29, 0.717) is 11.5 Å². The van der Waals surface area contributed by atoms with Crippen LogP contribution < -0.4 is 5.32 Å². The summed E-state index contributed by atoms with van der Waals surface area (Å²) < 4.78 is 0. The Morgan fingerprint density at radius 3 is 2.33 bits per heavy atom. The van der Waals surface area contributed by atoms with Crippen molar-refractivity contribution in [3.05, 3.63) is 0 Å². The monoisotopic (exact) mass is 212 g/mol. The molecule has 2 heteroatoms. The summed E-state index contributed by atoms with van der Waals surface area (Å²) in [5.41, 5.74) is 0.379.